The number of nitrogens with zero attached hydrogens (tertiary/aromatic N) is 3. The number of rotatable bonds is 4. The first kappa shape index (κ1) is 16.5. The van der Waals surface area contributed by atoms with Gasteiger partial charge in [0, 0.05) is 18.2 Å². The topological polar surface area (TPSA) is 121 Å². The molecule has 4 N–H and O–H groups in total. The Balaban J connectivity index is 1.72. The molecule has 4 atom stereocenters. The fraction of sp³-hybridized carbons (Fsp3) is 0.400. The van der Waals surface area contributed by atoms with E-state index in [1.807, 2.05) is 0 Å². The van der Waals surface area contributed by atoms with Gasteiger partial charge in [-0.1, -0.05) is 6.07 Å². The van der Waals surface area contributed by atoms with Gasteiger partial charge in [-0.3, -0.25) is 4.79 Å². The SMILES string of the molecule is O=C(Nc1cccc(F)c1)c1ncn([C@@H]2C[C@H](CO)C(O)[C@@H]2O)n1. The molecule has 24 heavy (non-hydrogen) atoms. The minimum absolute atomic E-state index is 0.145. The van der Waals surface area contributed by atoms with Crippen molar-refractivity contribution >= 4 is 11.6 Å². The van der Waals surface area contributed by atoms with Crippen LogP contribution in [0.15, 0.2) is 30.6 Å². The largest absolute Gasteiger partial charge is 0.396 e. The average Bonchev–Trinajstić information content (AvgIpc) is 3.14. The van der Waals surface area contributed by atoms with Crippen LogP contribution < -0.4 is 5.32 Å². The summed E-state index contributed by atoms with van der Waals surface area (Å²) in [6.07, 6.45) is -0.578. The fourth-order valence-corrected chi connectivity index (χ4v) is 2.83. The molecule has 1 heterocycles. The molecular weight excluding hydrogens is 319 g/mol. The summed E-state index contributed by atoms with van der Waals surface area (Å²) >= 11 is 0. The molecule has 128 valence electrons. The van der Waals surface area contributed by atoms with Gasteiger partial charge in [0.25, 0.3) is 5.91 Å². The zero-order chi connectivity index (χ0) is 17.3. The summed E-state index contributed by atoms with van der Waals surface area (Å²) in [5.41, 5.74) is 0.271. The van der Waals surface area contributed by atoms with E-state index >= 15 is 0 Å². The van der Waals surface area contributed by atoms with Gasteiger partial charge in [0.2, 0.25) is 5.82 Å². The number of hydrogen-bond acceptors (Lipinski definition) is 6. The van der Waals surface area contributed by atoms with Gasteiger partial charge in [-0.05, 0) is 24.6 Å². The zero-order valence-corrected chi connectivity index (χ0v) is 12.6. The maximum atomic E-state index is 13.1. The summed E-state index contributed by atoms with van der Waals surface area (Å²) in [6, 6.07) is 4.83. The number of carbonyl (C=O) groups is 1. The van der Waals surface area contributed by atoms with Crippen molar-refractivity contribution in [2.45, 2.75) is 24.7 Å². The highest BCUT2D eigenvalue weighted by Gasteiger charge is 2.42. The van der Waals surface area contributed by atoms with Crippen molar-refractivity contribution in [3.05, 3.63) is 42.2 Å². The van der Waals surface area contributed by atoms with E-state index in [0.717, 1.165) is 6.07 Å². The number of aliphatic hydroxyl groups is 3. The van der Waals surface area contributed by atoms with Gasteiger partial charge in [0.05, 0.1) is 12.1 Å². The lowest BCUT2D eigenvalue weighted by atomic mass is 10.1. The Morgan fingerprint density at radius 3 is 2.83 bits per heavy atom. The Morgan fingerprint density at radius 1 is 1.38 bits per heavy atom. The summed E-state index contributed by atoms with van der Waals surface area (Å²) in [4.78, 5) is 16.0. The molecule has 1 aliphatic carbocycles. The molecule has 1 aromatic heterocycles. The van der Waals surface area contributed by atoms with E-state index < -0.39 is 35.9 Å². The highest BCUT2D eigenvalue weighted by molar-refractivity contribution is 6.01. The van der Waals surface area contributed by atoms with Crippen molar-refractivity contribution in [3.63, 3.8) is 0 Å². The van der Waals surface area contributed by atoms with E-state index in [1.165, 1.54) is 29.2 Å². The van der Waals surface area contributed by atoms with E-state index in [9.17, 15) is 24.5 Å². The molecule has 0 radical (unpaired) electrons. The summed E-state index contributed by atoms with van der Waals surface area (Å²) < 4.78 is 14.4. The molecule has 3 rings (SSSR count). The van der Waals surface area contributed by atoms with Crippen molar-refractivity contribution in [2.24, 2.45) is 5.92 Å². The standard InChI is InChI=1S/C15H17FN4O4/c16-9-2-1-3-10(5-9)18-15(24)14-17-7-20(19-14)11-4-8(6-21)12(22)13(11)23/h1-3,5,7-8,11-13,21-23H,4,6H2,(H,18,24)/t8-,11-,12?,13-/m1/s1. The molecule has 9 heteroatoms. The van der Waals surface area contributed by atoms with Crippen LogP contribution in [0.25, 0.3) is 0 Å². The van der Waals surface area contributed by atoms with E-state index in [2.05, 4.69) is 15.4 Å². The molecule has 0 bridgehead atoms. The number of anilines is 1. The van der Waals surface area contributed by atoms with E-state index in [-0.39, 0.29) is 18.1 Å². The molecule has 2 aromatic rings. The predicted octanol–water partition coefficient (Wildman–Crippen LogP) is -0.0554. The number of aromatic nitrogens is 3. The normalized spacial score (nSPS) is 26.5. The van der Waals surface area contributed by atoms with Gasteiger partial charge < -0.3 is 20.6 Å². The van der Waals surface area contributed by atoms with Gasteiger partial charge in [-0.25, -0.2) is 14.1 Å². The van der Waals surface area contributed by atoms with Crippen molar-refractivity contribution < 1.29 is 24.5 Å². The molecule has 1 unspecified atom stereocenters. The molecule has 0 saturated heterocycles. The highest BCUT2D eigenvalue weighted by atomic mass is 19.1. The van der Waals surface area contributed by atoms with Crippen molar-refractivity contribution in [3.8, 4) is 0 Å². The molecule has 1 amide bonds. The quantitative estimate of drug-likeness (QED) is 0.621. The molecule has 1 aromatic carbocycles. The van der Waals surface area contributed by atoms with Gasteiger partial charge in [0.1, 0.15) is 18.2 Å². The lowest BCUT2D eigenvalue weighted by molar-refractivity contribution is -0.00541. The third kappa shape index (κ3) is 3.14. The van der Waals surface area contributed by atoms with Crippen LogP contribution in [0.4, 0.5) is 10.1 Å². The molecule has 1 fully saturated rings. The first-order valence-electron chi connectivity index (χ1n) is 7.44. The predicted molar refractivity (Wildman–Crippen MR) is 80.6 cm³/mol. The van der Waals surface area contributed by atoms with Crippen molar-refractivity contribution in [1.82, 2.24) is 14.8 Å². The van der Waals surface area contributed by atoms with Gasteiger partial charge in [0.15, 0.2) is 0 Å². The summed E-state index contributed by atoms with van der Waals surface area (Å²) in [6.45, 7) is -0.254. The molecular formula is C15H17FN4O4. The maximum Gasteiger partial charge on any atom is 0.295 e. The number of hydrogen-bond donors (Lipinski definition) is 4. The molecule has 0 aliphatic heterocycles. The number of benzene rings is 1. The van der Waals surface area contributed by atoms with Crippen LogP contribution in [-0.4, -0.2) is 54.8 Å². The van der Waals surface area contributed by atoms with Crippen LogP contribution in [0.1, 0.15) is 23.1 Å². The highest BCUT2D eigenvalue weighted by Crippen LogP contribution is 2.34. The molecule has 8 nitrogen and oxygen atoms in total. The smallest absolute Gasteiger partial charge is 0.295 e. The fourth-order valence-electron chi connectivity index (χ4n) is 2.83. The number of halogens is 1. The van der Waals surface area contributed by atoms with E-state index in [4.69, 9.17) is 0 Å². The third-order valence-corrected chi connectivity index (χ3v) is 4.14. The lowest BCUT2D eigenvalue weighted by Gasteiger charge is -2.16. The van der Waals surface area contributed by atoms with E-state index in [0.29, 0.717) is 6.42 Å². The maximum absolute atomic E-state index is 13.1. The van der Waals surface area contributed by atoms with Crippen molar-refractivity contribution in [2.75, 3.05) is 11.9 Å². The summed E-state index contributed by atoms with van der Waals surface area (Å²) in [5.74, 6) is -1.71. The van der Waals surface area contributed by atoms with Crippen LogP contribution >= 0.6 is 0 Å². The minimum atomic E-state index is -1.11. The van der Waals surface area contributed by atoms with Crippen LogP contribution in [-0.2, 0) is 0 Å². The number of nitrogens with one attached hydrogen (secondary N) is 1. The van der Waals surface area contributed by atoms with Crippen LogP contribution in [0.2, 0.25) is 0 Å². The molecule has 1 aliphatic rings. The number of aliphatic hydroxyl groups excluding tert-OH is 3. The van der Waals surface area contributed by atoms with Gasteiger partial charge >= 0.3 is 0 Å². The monoisotopic (exact) mass is 336 g/mol. The number of carbonyl (C=O) groups excluding carboxylic acids is 1. The van der Waals surface area contributed by atoms with Crippen molar-refractivity contribution in [1.29, 1.82) is 0 Å². The first-order chi connectivity index (χ1) is 11.5. The zero-order valence-electron chi connectivity index (χ0n) is 12.6. The van der Waals surface area contributed by atoms with Crippen LogP contribution in [0.3, 0.4) is 0 Å². The average molecular weight is 336 g/mol. The Labute approximate surface area is 136 Å². The molecule has 1 saturated carbocycles. The second kappa shape index (κ2) is 6.63. The van der Waals surface area contributed by atoms with E-state index in [1.54, 1.807) is 0 Å². The summed E-state index contributed by atoms with van der Waals surface area (Å²) in [5, 5.41) is 35.5. The third-order valence-electron chi connectivity index (χ3n) is 4.14. The van der Waals surface area contributed by atoms with Gasteiger partial charge in [-0.15, -0.1) is 5.10 Å². The summed E-state index contributed by atoms with van der Waals surface area (Å²) in [7, 11) is 0. The molecule has 0 spiro atoms. The Morgan fingerprint density at radius 2 is 2.17 bits per heavy atom. The van der Waals surface area contributed by atoms with Gasteiger partial charge in [-0.2, -0.15) is 0 Å². The minimum Gasteiger partial charge on any atom is -0.396 e. The second-order valence-electron chi connectivity index (χ2n) is 5.74. The second-order valence-corrected chi connectivity index (χ2v) is 5.74. The Bertz CT molecular complexity index is 738. The lowest BCUT2D eigenvalue weighted by Crippen LogP contribution is -2.30. The Hall–Kier alpha value is -2.36. The Kier molecular flexibility index (Phi) is 4.56. The first-order valence-corrected chi connectivity index (χ1v) is 7.44. The van der Waals surface area contributed by atoms with Crippen LogP contribution in [0.5, 0.6) is 0 Å². The number of amides is 1. The van der Waals surface area contributed by atoms with Crippen LogP contribution in [0, 0.1) is 11.7 Å².